The summed E-state index contributed by atoms with van der Waals surface area (Å²) >= 11 is 1.57. The lowest BCUT2D eigenvalue weighted by Gasteiger charge is -2.09. The van der Waals surface area contributed by atoms with E-state index in [2.05, 4.69) is 51.9 Å². The maximum atomic E-state index is 10.7. The van der Waals surface area contributed by atoms with E-state index in [9.17, 15) is 4.79 Å². The fraction of sp³-hybridized carbons (Fsp3) is 0.235. The van der Waals surface area contributed by atoms with E-state index in [0.29, 0.717) is 18.2 Å². The van der Waals surface area contributed by atoms with E-state index in [1.54, 1.807) is 11.3 Å². The van der Waals surface area contributed by atoms with E-state index >= 15 is 0 Å². The predicted molar refractivity (Wildman–Crippen MR) is 93.1 cm³/mol. The molecule has 0 unspecified atom stereocenters. The van der Waals surface area contributed by atoms with Crippen LogP contribution in [0, 0.1) is 13.8 Å². The third-order valence-corrected chi connectivity index (χ3v) is 4.41. The van der Waals surface area contributed by atoms with Gasteiger partial charge in [-0.15, -0.1) is 11.3 Å². The molecule has 118 valence electrons. The summed E-state index contributed by atoms with van der Waals surface area (Å²) in [4.78, 5) is 20.6. The minimum Gasteiger partial charge on any atom is -0.481 e. The van der Waals surface area contributed by atoms with Crippen molar-refractivity contribution in [1.82, 2.24) is 9.97 Å². The van der Waals surface area contributed by atoms with Gasteiger partial charge in [-0.3, -0.25) is 4.79 Å². The first-order valence-electron chi connectivity index (χ1n) is 7.33. The first kappa shape index (κ1) is 15.4. The number of nitrogens with zero attached hydrogens (tertiary/aromatic N) is 2. The monoisotopic (exact) mass is 327 g/mol. The van der Waals surface area contributed by atoms with E-state index in [1.807, 2.05) is 6.92 Å². The quantitative estimate of drug-likeness (QED) is 0.744. The first-order chi connectivity index (χ1) is 11.0. The highest BCUT2D eigenvalue weighted by Crippen LogP contribution is 2.36. The number of rotatable bonds is 5. The zero-order valence-corrected chi connectivity index (χ0v) is 13.8. The summed E-state index contributed by atoms with van der Waals surface area (Å²) < 4.78 is 0. The van der Waals surface area contributed by atoms with Gasteiger partial charge in [0.1, 0.15) is 16.5 Å². The van der Waals surface area contributed by atoms with E-state index in [-0.39, 0.29) is 6.42 Å². The summed E-state index contributed by atoms with van der Waals surface area (Å²) in [5.41, 5.74) is 3.39. The van der Waals surface area contributed by atoms with Crippen molar-refractivity contribution in [3.63, 3.8) is 0 Å². The molecule has 0 aliphatic rings. The number of fused-ring (bicyclic) bond motifs is 1. The Bertz CT molecular complexity index is 856. The second-order valence-electron chi connectivity index (χ2n) is 5.39. The summed E-state index contributed by atoms with van der Waals surface area (Å²) in [6.07, 6.45) is 0.0501. The van der Waals surface area contributed by atoms with Gasteiger partial charge in [0.2, 0.25) is 0 Å². The number of aliphatic carboxylic acids is 1. The molecule has 0 saturated carbocycles. The second-order valence-corrected chi connectivity index (χ2v) is 6.24. The normalized spacial score (nSPS) is 10.9. The Labute approximate surface area is 138 Å². The number of hydrogen-bond acceptors (Lipinski definition) is 5. The van der Waals surface area contributed by atoms with Crippen molar-refractivity contribution in [3.05, 3.63) is 41.0 Å². The molecular formula is C17H17N3O2S. The maximum absolute atomic E-state index is 10.7. The lowest BCUT2D eigenvalue weighted by molar-refractivity contribution is -0.136. The lowest BCUT2D eigenvalue weighted by atomic mass is 10.0. The van der Waals surface area contributed by atoms with Gasteiger partial charge in [0, 0.05) is 17.5 Å². The molecule has 0 saturated heterocycles. The Kier molecular flexibility index (Phi) is 4.25. The van der Waals surface area contributed by atoms with E-state index in [1.165, 1.54) is 5.56 Å². The molecule has 0 aliphatic heterocycles. The maximum Gasteiger partial charge on any atom is 0.305 e. The second kappa shape index (κ2) is 6.34. The van der Waals surface area contributed by atoms with Crippen LogP contribution in [0.5, 0.6) is 0 Å². The molecule has 2 N–H and O–H groups in total. The zero-order valence-electron chi connectivity index (χ0n) is 13.0. The van der Waals surface area contributed by atoms with Crippen molar-refractivity contribution < 1.29 is 9.90 Å². The molecular weight excluding hydrogens is 310 g/mol. The number of aromatic nitrogens is 2. The number of carboxylic acids is 1. The SMILES string of the molecule is Cc1ccc(-c2csc3nc(C)nc(NCCC(=O)O)c23)cc1. The van der Waals surface area contributed by atoms with Gasteiger partial charge in [0.05, 0.1) is 11.8 Å². The summed E-state index contributed by atoms with van der Waals surface area (Å²) in [7, 11) is 0. The third kappa shape index (κ3) is 3.32. The van der Waals surface area contributed by atoms with Crippen LogP contribution in [-0.2, 0) is 4.79 Å². The van der Waals surface area contributed by atoms with Gasteiger partial charge in [-0.2, -0.15) is 0 Å². The van der Waals surface area contributed by atoms with Gasteiger partial charge < -0.3 is 10.4 Å². The average molecular weight is 327 g/mol. The molecule has 6 heteroatoms. The number of aryl methyl sites for hydroxylation is 2. The molecule has 2 aromatic heterocycles. The number of benzene rings is 1. The molecule has 0 amide bonds. The molecule has 0 bridgehead atoms. The number of carboxylic acid groups (broad SMARTS) is 1. The average Bonchev–Trinajstić information content (AvgIpc) is 2.91. The van der Waals surface area contributed by atoms with E-state index in [4.69, 9.17) is 5.11 Å². The fourth-order valence-electron chi connectivity index (χ4n) is 2.41. The number of carbonyl (C=O) groups is 1. The number of thiophene rings is 1. The summed E-state index contributed by atoms with van der Waals surface area (Å²) in [5.74, 6) is 0.543. The van der Waals surface area contributed by atoms with Gasteiger partial charge in [-0.05, 0) is 19.4 Å². The standard InChI is InChI=1S/C17H17N3O2S/c1-10-3-5-12(6-4-10)13-9-23-17-15(13)16(19-11(2)20-17)18-8-7-14(21)22/h3-6,9H,7-8H2,1-2H3,(H,21,22)(H,18,19,20). The summed E-state index contributed by atoms with van der Waals surface area (Å²) in [5, 5.41) is 15.0. The number of nitrogens with one attached hydrogen (secondary N) is 1. The van der Waals surface area contributed by atoms with E-state index in [0.717, 1.165) is 21.3 Å². The molecule has 3 rings (SSSR count). The topological polar surface area (TPSA) is 75.1 Å². The Morgan fingerprint density at radius 3 is 2.65 bits per heavy atom. The molecule has 0 spiro atoms. The van der Waals surface area contributed by atoms with Gasteiger partial charge in [0.15, 0.2) is 0 Å². The molecule has 2 heterocycles. The predicted octanol–water partition coefficient (Wildman–Crippen LogP) is 3.86. The van der Waals surface area contributed by atoms with Gasteiger partial charge >= 0.3 is 5.97 Å². The van der Waals surface area contributed by atoms with Gasteiger partial charge in [-0.25, -0.2) is 9.97 Å². The van der Waals surface area contributed by atoms with Crippen molar-refractivity contribution in [2.75, 3.05) is 11.9 Å². The van der Waals surface area contributed by atoms with Crippen molar-refractivity contribution in [3.8, 4) is 11.1 Å². The molecule has 5 nitrogen and oxygen atoms in total. The van der Waals surface area contributed by atoms with Gasteiger partial charge in [-0.1, -0.05) is 29.8 Å². The Hall–Kier alpha value is -2.47. The van der Waals surface area contributed by atoms with Crippen molar-refractivity contribution in [1.29, 1.82) is 0 Å². The highest BCUT2D eigenvalue weighted by Gasteiger charge is 2.14. The Morgan fingerprint density at radius 1 is 1.22 bits per heavy atom. The van der Waals surface area contributed by atoms with Crippen LogP contribution in [0.25, 0.3) is 21.3 Å². The van der Waals surface area contributed by atoms with Crippen LogP contribution in [0.4, 0.5) is 5.82 Å². The van der Waals surface area contributed by atoms with Crippen LogP contribution in [0.1, 0.15) is 17.8 Å². The number of hydrogen-bond donors (Lipinski definition) is 2. The highest BCUT2D eigenvalue weighted by molar-refractivity contribution is 7.17. The minimum atomic E-state index is -0.830. The smallest absolute Gasteiger partial charge is 0.305 e. The largest absolute Gasteiger partial charge is 0.481 e. The van der Waals surface area contributed by atoms with Crippen LogP contribution >= 0.6 is 11.3 Å². The molecule has 0 atom stereocenters. The summed E-state index contributed by atoms with van der Waals surface area (Å²) in [6, 6.07) is 8.31. The van der Waals surface area contributed by atoms with Crippen molar-refractivity contribution in [2.45, 2.75) is 20.3 Å². The third-order valence-electron chi connectivity index (χ3n) is 3.54. The summed E-state index contributed by atoms with van der Waals surface area (Å²) in [6.45, 7) is 4.23. The molecule has 0 radical (unpaired) electrons. The van der Waals surface area contributed by atoms with Crippen LogP contribution in [0.15, 0.2) is 29.6 Å². The van der Waals surface area contributed by atoms with Crippen LogP contribution < -0.4 is 5.32 Å². The number of anilines is 1. The molecule has 0 aliphatic carbocycles. The lowest BCUT2D eigenvalue weighted by Crippen LogP contribution is -2.09. The van der Waals surface area contributed by atoms with Crippen molar-refractivity contribution >= 4 is 33.3 Å². The molecule has 23 heavy (non-hydrogen) atoms. The molecule has 0 fully saturated rings. The zero-order chi connectivity index (χ0) is 16.4. The van der Waals surface area contributed by atoms with Crippen LogP contribution in [-0.4, -0.2) is 27.6 Å². The minimum absolute atomic E-state index is 0.0501. The van der Waals surface area contributed by atoms with Crippen molar-refractivity contribution in [2.24, 2.45) is 0 Å². The molecule has 3 aromatic rings. The first-order valence-corrected chi connectivity index (χ1v) is 8.21. The Morgan fingerprint density at radius 2 is 1.96 bits per heavy atom. The fourth-order valence-corrected chi connectivity index (χ4v) is 3.40. The van der Waals surface area contributed by atoms with Gasteiger partial charge in [0.25, 0.3) is 0 Å². The van der Waals surface area contributed by atoms with Crippen LogP contribution in [0.3, 0.4) is 0 Å². The van der Waals surface area contributed by atoms with E-state index < -0.39 is 5.97 Å². The Balaban J connectivity index is 2.05. The highest BCUT2D eigenvalue weighted by atomic mass is 32.1. The molecule has 1 aromatic carbocycles. The van der Waals surface area contributed by atoms with Crippen LogP contribution in [0.2, 0.25) is 0 Å².